The molecule has 1 aromatic carbocycles. The van der Waals surface area contributed by atoms with Crippen LogP contribution in [0.5, 0.6) is 0 Å². The van der Waals surface area contributed by atoms with Gasteiger partial charge in [0, 0.05) is 12.0 Å². The molecule has 0 aromatic heterocycles. The predicted molar refractivity (Wildman–Crippen MR) is 66.8 cm³/mol. The van der Waals surface area contributed by atoms with E-state index in [1.54, 1.807) is 6.92 Å². The number of halogens is 3. The van der Waals surface area contributed by atoms with E-state index >= 15 is 0 Å². The van der Waals surface area contributed by atoms with Gasteiger partial charge in [0.1, 0.15) is 0 Å². The number of carbonyl (C=O) groups is 2. The summed E-state index contributed by atoms with van der Waals surface area (Å²) in [5, 5.41) is 0. The van der Waals surface area contributed by atoms with Gasteiger partial charge in [-0.05, 0) is 24.6 Å². The number of hydrogen-bond acceptors (Lipinski definition) is 3. The number of Topliss-reactive ketones (excluding diaryl/α,β-unsaturated/α-hetero) is 1. The minimum absolute atomic E-state index is 0.0354. The van der Waals surface area contributed by atoms with Gasteiger partial charge in [-0.2, -0.15) is 0 Å². The van der Waals surface area contributed by atoms with Gasteiger partial charge in [0.15, 0.2) is 5.78 Å². The summed E-state index contributed by atoms with van der Waals surface area (Å²) in [6, 6.07) is 3.83. The van der Waals surface area contributed by atoms with Crippen LogP contribution in [-0.2, 0) is 16.0 Å². The SMILES string of the molecule is CCOC(=O)c1ccc(CC(=O)CCl)cc1C(F)F. The van der Waals surface area contributed by atoms with Crippen LogP contribution in [0.25, 0.3) is 0 Å². The Hall–Kier alpha value is -1.49. The van der Waals surface area contributed by atoms with Gasteiger partial charge < -0.3 is 4.74 Å². The van der Waals surface area contributed by atoms with Crippen molar-refractivity contribution in [2.45, 2.75) is 19.8 Å². The lowest BCUT2D eigenvalue weighted by Crippen LogP contribution is -2.10. The average Bonchev–Trinajstić information content (AvgIpc) is 2.38. The molecule has 0 heterocycles. The minimum Gasteiger partial charge on any atom is -0.462 e. The lowest BCUT2D eigenvalue weighted by molar-refractivity contribution is -0.116. The summed E-state index contributed by atoms with van der Waals surface area (Å²) in [5.41, 5.74) is -0.216. The molecule has 104 valence electrons. The Labute approximate surface area is 114 Å². The Bertz CT molecular complexity index is 475. The van der Waals surface area contributed by atoms with Crippen LogP contribution in [0, 0.1) is 0 Å². The van der Waals surface area contributed by atoms with E-state index in [9.17, 15) is 18.4 Å². The van der Waals surface area contributed by atoms with Crippen molar-refractivity contribution < 1.29 is 23.1 Å². The zero-order valence-corrected chi connectivity index (χ0v) is 11.0. The molecule has 0 atom stereocenters. The molecule has 0 bridgehead atoms. The summed E-state index contributed by atoms with van der Waals surface area (Å²) < 4.78 is 30.5. The maximum Gasteiger partial charge on any atom is 0.338 e. The molecule has 0 radical (unpaired) electrons. The summed E-state index contributed by atoms with van der Waals surface area (Å²) in [6.07, 6.45) is -2.85. The van der Waals surface area contributed by atoms with Crippen molar-refractivity contribution in [3.05, 3.63) is 34.9 Å². The summed E-state index contributed by atoms with van der Waals surface area (Å²) in [4.78, 5) is 22.7. The van der Waals surface area contributed by atoms with Crippen LogP contribution in [0.3, 0.4) is 0 Å². The lowest BCUT2D eigenvalue weighted by Gasteiger charge is -2.10. The Morgan fingerprint density at radius 2 is 2.05 bits per heavy atom. The van der Waals surface area contributed by atoms with Crippen LogP contribution in [-0.4, -0.2) is 24.2 Å². The molecule has 0 spiro atoms. The zero-order chi connectivity index (χ0) is 14.4. The van der Waals surface area contributed by atoms with E-state index in [2.05, 4.69) is 0 Å². The highest BCUT2D eigenvalue weighted by atomic mass is 35.5. The van der Waals surface area contributed by atoms with Crippen LogP contribution in [0.1, 0.15) is 34.8 Å². The second kappa shape index (κ2) is 7.19. The lowest BCUT2D eigenvalue weighted by atomic mass is 10.0. The van der Waals surface area contributed by atoms with Crippen LogP contribution in [0.2, 0.25) is 0 Å². The summed E-state index contributed by atoms with van der Waals surface area (Å²) in [5.74, 6) is -1.25. The van der Waals surface area contributed by atoms with Gasteiger partial charge in [-0.3, -0.25) is 4.79 Å². The molecule has 19 heavy (non-hydrogen) atoms. The van der Waals surface area contributed by atoms with E-state index < -0.39 is 18.0 Å². The van der Waals surface area contributed by atoms with Crippen LogP contribution in [0.4, 0.5) is 8.78 Å². The zero-order valence-electron chi connectivity index (χ0n) is 10.3. The largest absolute Gasteiger partial charge is 0.462 e. The van der Waals surface area contributed by atoms with E-state index in [4.69, 9.17) is 16.3 Å². The number of esters is 1. The number of alkyl halides is 3. The van der Waals surface area contributed by atoms with Crippen molar-refractivity contribution in [2.24, 2.45) is 0 Å². The first kappa shape index (κ1) is 15.6. The van der Waals surface area contributed by atoms with Gasteiger partial charge in [-0.1, -0.05) is 6.07 Å². The normalized spacial score (nSPS) is 10.6. The molecule has 1 rings (SSSR count). The molecule has 0 saturated carbocycles. The predicted octanol–water partition coefficient (Wildman–Crippen LogP) is 3.15. The second-order valence-corrected chi connectivity index (χ2v) is 4.06. The molecule has 6 heteroatoms. The average molecular weight is 291 g/mol. The van der Waals surface area contributed by atoms with E-state index in [0.717, 1.165) is 6.07 Å². The van der Waals surface area contributed by atoms with E-state index in [1.165, 1.54) is 12.1 Å². The third-order valence-electron chi connectivity index (χ3n) is 2.40. The van der Waals surface area contributed by atoms with Gasteiger partial charge in [0.2, 0.25) is 0 Å². The van der Waals surface area contributed by atoms with Crippen molar-refractivity contribution in [3.63, 3.8) is 0 Å². The monoisotopic (exact) mass is 290 g/mol. The Kier molecular flexibility index (Phi) is 5.89. The van der Waals surface area contributed by atoms with Gasteiger partial charge >= 0.3 is 5.97 Å². The first-order chi connectivity index (χ1) is 8.99. The van der Waals surface area contributed by atoms with E-state index in [-0.39, 0.29) is 30.3 Å². The fourth-order valence-electron chi connectivity index (χ4n) is 1.57. The maximum atomic E-state index is 12.9. The van der Waals surface area contributed by atoms with Crippen molar-refractivity contribution in [2.75, 3.05) is 12.5 Å². The molecule has 0 unspecified atom stereocenters. The number of ketones is 1. The second-order valence-electron chi connectivity index (χ2n) is 3.79. The molecule has 0 fully saturated rings. The third kappa shape index (κ3) is 4.28. The third-order valence-corrected chi connectivity index (χ3v) is 2.69. The number of carbonyl (C=O) groups excluding carboxylic acids is 2. The summed E-state index contributed by atoms with van der Waals surface area (Å²) in [7, 11) is 0. The van der Waals surface area contributed by atoms with Crippen LogP contribution < -0.4 is 0 Å². The smallest absolute Gasteiger partial charge is 0.338 e. The Morgan fingerprint density at radius 3 is 2.58 bits per heavy atom. The maximum absolute atomic E-state index is 12.9. The number of benzene rings is 1. The molecule has 0 aliphatic rings. The molecule has 1 aromatic rings. The highest BCUT2D eigenvalue weighted by molar-refractivity contribution is 6.27. The number of ether oxygens (including phenoxy) is 1. The molecule has 0 N–H and O–H groups in total. The Balaban J connectivity index is 3.07. The molecule has 0 amide bonds. The first-order valence-corrected chi connectivity index (χ1v) is 6.18. The van der Waals surface area contributed by atoms with E-state index in [1.807, 2.05) is 0 Å². The first-order valence-electron chi connectivity index (χ1n) is 5.65. The Morgan fingerprint density at radius 1 is 1.37 bits per heavy atom. The van der Waals surface area contributed by atoms with Crippen molar-refractivity contribution in [3.8, 4) is 0 Å². The molecule has 0 aliphatic heterocycles. The van der Waals surface area contributed by atoms with E-state index in [0.29, 0.717) is 5.56 Å². The molecular weight excluding hydrogens is 278 g/mol. The molecule has 0 saturated heterocycles. The van der Waals surface area contributed by atoms with Gasteiger partial charge in [0.05, 0.1) is 18.1 Å². The van der Waals surface area contributed by atoms with Gasteiger partial charge in [-0.15, -0.1) is 11.6 Å². The highest BCUT2D eigenvalue weighted by Gasteiger charge is 2.20. The van der Waals surface area contributed by atoms with Crippen LogP contribution >= 0.6 is 11.6 Å². The standard InChI is InChI=1S/C13H13ClF2O3/c1-2-19-13(18)10-4-3-8(5-9(17)7-14)6-11(10)12(15)16/h3-4,6,12H,2,5,7H2,1H3. The van der Waals surface area contributed by atoms with Crippen LogP contribution in [0.15, 0.2) is 18.2 Å². The highest BCUT2D eigenvalue weighted by Crippen LogP contribution is 2.25. The number of rotatable bonds is 6. The molecular formula is C13H13ClF2O3. The summed E-state index contributed by atoms with van der Waals surface area (Å²) in [6.45, 7) is 1.70. The topological polar surface area (TPSA) is 43.4 Å². The quantitative estimate of drug-likeness (QED) is 0.597. The van der Waals surface area contributed by atoms with Crippen molar-refractivity contribution >= 4 is 23.4 Å². The molecule has 3 nitrogen and oxygen atoms in total. The fraction of sp³-hybridized carbons (Fsp3) is 0.385. The van der Waals surface area contributed by atoms with Gasteiger partial charge in [-0.25, -0.2) is 13.6 Å². The van der Waals surface area contributed by atoms with Gasteiger partial charge in [0.25, 0.3) is 6.43 Å². The van der Waals surface area contributed by atoms with Crippen molar-refractivity contribution in [1.29, 1.82) is 0 Å². The minimum atomic E-state index is -2.81. The number of hydrogen-bond donors (Lipinski definition) is 0. The summed E-state index contributed by atoms with van der Waals surface area (Å²) >= 11 is 5.36. The fourth-order valence-corrected chi connectivity index (χ4v) is 1.67. The van der Waals surface area contributed by atoms with Crippen molar-refractivity contribution in [1.82, 2.24) is 0 Å². The molecule has 0 aliphatic carbocycles.